The number of hydrogen-bond donors (Lipinski definition) is 2. The highest BCUT2D eigenvalue weighted by molar-refractivity contribution is 9.10. The Balaban J connectivity index is 2.25. The van der Waals surface area contributed by atoms with Crippen molar-refractivity contribution in [2.75, 3.05) is 24.6 Å². The zero-order chi connectivity index (χ0) is 14.0. The maximum absolute atomic E-state index is 8.71. The molecule has 1 heterocycles. The Labute approximate surface area is 121 Å². The molecular formula is C13H18BrN3O2. The highest BCUT2D eigenvalue weighted by Crippen LogP contribution is 2.27. The summed E-state index contributed by atoms with van der Waals surface area (Å²) in [5, 5.41) is 11.7. The molecule has 2 rings (SSSR count). The van der Waals surface area contributed by atoms with Gasteiger partial charge < -0.3 is 20.6 Å². The van der Waals surface area contributed by atoms with Crippen molar-refractivity contribution >= 4 is 27.5 Å². The number of hydrogen-bond acceptors (Lipinski definition) is 4. The number of anilines is 1. The van der Waals surface area contributed by atoms with Crippen LogP contribution in [0.25, 0.3) is 0 Å². The molecule has 0 amide bonds. The maximum atomic E-state index is 8.71. The third kappa shape index (κ3) is 3.19. The third-order valence-electron chi connectivity index (χ3n) is 3.13. The predicted molar refractivity (Wildman–Crippen MR) is 78.9 cm³/mol. The van der Waals surface area contributed by atoms with E-state index >= 15 is 0 Å². The minimum absolute atomic E-state index is 0.0979. The third-order valence-corrected chi connectivity index (χ3v) is 3.78. The number of halogens is 1. The van der Waals surface area contributed by atoms with Crippen LogP contribution in [0.2, 0.25) is 0 Å². The van der Waals surface area contributed by atoms with Crippen molar-refractivity contribution in [2.45, 2.75) is 19.4 Å². The Morgan fingerprint density at radius 1 is 1.53 bits per heavy atom. The molecule has 1 aromatic carbocycles. The number of nitrogens with zero attached hydrogens (tertiary/aromatic N) is 2. The van der Waals surface area contributed by atoms with Gasteiger partial charge >= 0.3 is 0 Å². The first-order valence-electron chi connectivity index (χ1n) is 6.09. The standard InChI is InChI=1S/C13H18BrN3O2/c1-13(2)8-17(5-6-19-13)9-3-4-10(11(14)7-9)12(15)16-18/h3-4,7,18H,5-6,8H2,1-2H3,(H2,15,16). The highest BCUT2D eigenvalue weighted by Gasteiger charge is 2.27. The molecule has 0 unspecified atom stereocenters. The van der Waals surface area contributed by atoms with E-state index in [9.17, 15) is 0 Å². The number of amidine groups is 1. The molecule has 3 N–H and O–H groups in total. The number of morpholine rings is 1. The van der Waals surface area contributed by atoms with Gasteiger partial charge in [0.15, 0.2) is 5.84 Å². The summed E-state index contributed by atoms with van der Waals surface area (Å²) in [5.41, 5.74) is 7.23. The first-order chi connectivity index (χ1) is 8.93. The second-order valence-corrected chi connectivity index (χ2v) is 6.03. The van der Waals surface area contributed by atoms with Crippen LogP contribution in [0.3, 0.4) is 0 Å². The topological polar surface area (TPSA) is 71.1 Å². The first-order valence-corrected chi connectivity index (χ1v) is 6.88. The molecule has 0 aliphatic carbocycles. The van der Waals surface area contributed by atoms with Crippen molar-refractivity contribution in [2.24, 2.45) is 10.9 Å². The van der Waals surface area contributed by atoms with E-state index < -0.39 is 0 Å². The number of oxime groups is 1. The van der Waals surface area contributed by atoms with Gasteiger partial charge in [-0.3, -0.25) is 0 Å². The summed E-state index contributed by atoms with van der Waals surface area (Å²) < 4.78 is 6.51. The molecule has 1 fully saturated rings. The number of rotatable bonds is 2. The van der Waals surface area contributed by atoms with E-state index in [4.69, 9.17) is 15.7 Å². The van der Waals surface area contributed by atoms with Crippen LogP contribution in [-0.4, -0.2) is 36.3 Å². The van der Waals surface area contributed by atoms with Crippen LogP contribution >= 0.6 is 15.9 Å². The molecule has 0 radical (unpaired) electrons. The lowest BCUT2D eigenvalue weighted by molar-refractivity contribution is -0.0276. The van der Waals surface area contributed by atoms with Crippen LogP contribution < -0.4 is 10.6 Å². The number of ether oxygens (including phenoxy) is 1. The highest BCUT2D eigenvalue weighted by atomic mass is 79.9. The van der Waals surface area contributed by atoms with Gasteiger partial charge in [0.2, 0.25) is 0 Å². The van der Waals surface area contributed by atoms with Crippen LogP contribution in [0.4, 0.5) is 5.69 Å². The van der Waals surface area contributed by atoms with Crippen molar-refractivity contribution in [3.8, 4) is 0 Å². The van der Waals surface area contributed by atoms with E-state index in [1.54, 1.807) is 0 Å². The van der Waals surface area contributed by atoms with E-state index in [-0.39, 0.29) is 11.4 Å². The molecule has 1 aliphatic heterocycles. The maximum Gasteiger partial charge on any atom is 0.171 e. The molecule has 5 nitrogen and oxygen atoms in total. The summed E-state index contributed by atoms with van der Waals surface area (Å²) in [4.78, 5) is 2.27. The van der Waals surface area contributed by atoms with E-state index in [1.165, 1.54) is 0 Å². The Bertz CT molecular complexity index is 503. The van der Waals surface area contributed by atoms with Gasteiger partial charge in [0.05, 0.1) is 12.2 Å². The number of nitrogens with two attached hydrogens (primary N) is 1. The van der Waals surface area contributed by atoms with Gasteiger partial charge in [-0.1, -0.05) is 5.16 Å². The van der Waals surface area contributed by atoms with E-state index in [0.29, 0.717) is 12.2 Å². The summed E-state index contributed by atoms with van der Waals surface area (Å²) in [6.45, 7) is 6.58. The van der Waals surface area contributed by atoms with Gasteiger partial charge in [0.1, 0.15) is 0 Å². The molecule has 1 saturated heterocycles. The van der Waals surface area contributed by atoms with Gasteiger partial charge in [0.25, 0.3) is 0 Å². The van der Waals surface area contributed by atoms with Gasteiger partial charge in [0, 0.05) is 28.8 Å². The minimum Gasteiger partial charge on any atom is -0.409 e. The van der Waals surface area contributed by atoms with Crippen LogP contribution in [-0.2, 0) is 4.74 Å². The van der Waals surface area contributed by atoms with Crippen LogP contribution in [0.15, 0.2) is 27.8 Å². The van der Waals surface area contributed by atoms with Gasteiger partial charge in [-0.15, -0.1) is 0 Å². The molecule has 1 aliphatic rings. The normalized spacial score (nSPS) is 19.5. The largest absolute Gasteiger partial charge is 0.409 e. The van der Waals surface area contributed by atoms with Crippen LogP contribution in [0, 0.1) is 0 Å². The average Bonchev–Trinajstić information content (AvgIpc) is 2.36. The SMILES string of the molecule is CC1(C)CN(c2ccc(/C(N)=N/O)c(Br)c2)CCO1. The lowest BCUT2D eigenvalue weighted by Gasteiger charge is -2.39. The molecule has 6 heteroatoms. The molecule has 0 saturated carbocycles. The van der Waals surface area contributed by atoms with Crippen molar-refractivity contribution in [3.05, 3.63) is 28.2 Å². The van der Waals surface area contributed by atoms with Crippen molar-refractivity contribution in [3.63, 3.8) is 0 Å². The van der Waals surface area contributed by atoms with Gasteiger partial charge in [-0.25, -0.2) is 0 Å². The molecule has 0 atom stereocenters. The van der Waals surface area contributed by atoms with Crippen molar-refractivity contribution in [1.29, 1.82) is 0 Å². The van der Waals surface area contributed by atoms with E-state index in [0.717, 1.165) is 23.2 Å². The molecule has 0 spiro atoms. The van der Waals surface area contributed by atoms with Crippen molar-refractivity contribution in [1.82, 2.24) is 0 Å². The zero-order valence-corrected chi connectivity index (χ0v) is 12.6. The fourth-order valence-electron chi connectivity index (χ4n) is 2.20. The fraction of sp³-hybridized carbons (Fsp3) is 0.462. The summed E-state index contributed by atoms with van der Waals surface area (Å²) in [7, 11) is 0. The lowest BCUT2D eigenvalue weighted by Crippen LogP contribution is -2.48. The number of benzene rings is 1. The monoisotopic (exact) mass is 327 g/mol. The summed E-state index contributed by atoms with van der Waals surface area (Å²) in [5.74, 6) is 0.0979. The first kappa shape index (κ1) is 14.1. The Morgan fingerprint density at radius 3 is 2.84 bits per heavy atom. The predicted octanol–water partition coefficient (Wildman–Crippen LogP) is 2.16. The summed E-state index contributed by atoms with van der Waals surface area (Å²) >= 11 is 3.45. The Morgan fingerprint density at radius 2 is 2.26 bits per heavy atom. The quantitative estimate of drug-likeness (QED) is 0.378. The summed E-state index contributed by atoms with van der Waals surface area (Å²) in [6.07, 6.45) is 0. The second kappa shape index (κ2) is 5.38. The Hall–Kier alpha value is -1.27. The molecular weight excluding hydrogens is 310 g/mol. The van der Waals surface area contributed by atoms with Crippen LogP contribution in [0.5, 0.6) is 0 Å². The average molecular weight is 328 g/mol. The zero-order valence-electron chi connectivity index (χ0n) is 11.1. The smallest absolute Gasteiger partial charge is 0.171 e. The minimum atomic E-state index is -0.144. The molecule has 104 valence electrons. The van der Waals surface area contributed by atoms with E-state index in [1.807, 2.05) is 18.2 Å². The van der Waals surface area contributed by atoms with Gasteiger partial charge in [-0.05, 0) is 48.0 Å². The Kier molecular flexibility index (Phi) is 4.01. The molecule has 0 bridgehead atoms. The lowest BCUT2D eigenvalue weighted by atomic mass is 10.1. The molecule has 0 aromatic heterocycles. The van der Waals surface area contributed by atoms with E-state index in [2.05, 4.69) is 39.8 Å². The molecule has 19 heavy (non-hydrogen) atoms. The fourth-order valence-corrected chi connectivity index (χ4v) is 2.77. The summed E-state index contributed by atoms with van der Waals surface area (Å²) in [6, 6.07) is 5.80. The van der Waals surface area contributed by atoms with Crippen LogP contribution in [0.1, 0.15) is 19.4 Å². The van der Waals surface area contributed by atoms with Gasteiger partial charge in [-0.2, -0.15) is 0 Å². The molecule has 1 aromatic rings. The van der Waals surface area contributed by atoms with Crippen molar-refractivity contribution < 1.29 is 9.94 Å². The second-order valence-electron chi connectivity index (χ2n) is 5.18.